The van der Waals surface area contributed by atoms with E-state index in [1.807, 2.05) is 13.0 Å². The molecular weight excluding hydrogens is 331 g/mol. The molecule has 1 aromatic heterocycles. The van der Waals surface area contributed by atoms with Crippen molar-refractivity contribution in [1.82, 2.24) is 9.88 Å². The van der Waals surface area contributed by atoms with Gasteiger partial charge >= 0.3 is 0 Å². The van der Waals surface area contributed by atoms with E-state index in [0.29, 0.717) is 19.0 Å². The molecule has 0 spiro atoms. The zero-order valence-corrected chi connectivity index (χ0v) is 14.8. The van der Waals surface area contributed by atoms with E-state index in [9.17, 15) is 9.18 Å². The van der Waals surface area contributed by atoms with Crippen LogP contribution in [0.15, 0.2) is 42.5 Å². The Balaban J connectivity index is 1.71. The number of rotatable bonds is 2. The highest BCUT2D eigenvalue weighted by atomic mass is 19.1. The first-order valence-corrected chi connectivity index (χ1v) is 8.56. The lowest BCUT2D eigenvalue weighted by Crippen LogP contribution is -2.31. The fourth-order valence-corrected chi connectivity index (χ4v) is 3.27. The quantitative estimate of drug-likeness (QED) is 0.704. The molecule has 0 aliphatic carbocycles. The fraction of sp³-hybridized carbons (Fsp3) is 0.238. The summed E-state index contributed by atoms with van der Waals surface area (Å²) >= 11 is 0. The molecule has 0 saturated heterocycles. The number of hydrogen-bond donors (Lipinski definition) is 0. The molecule has 1 amide bonds. The molecular formula is C21H19FN2O2. The summed E-state index contributed by atoms with van der Waals surface area (Å²) in [6, 6.07) is 12.4. The Labute approximate surface area is 151 Å². The van der Waals surface area contributed by atoms with Crippen LogP contribution in [0.1, 0.15) is 22.3 Å². The van der Waals surface area contributed by atoms with E-state index in [4.69, 9.17) is 4.74 Å². The van der Waals surface area contributed by atoms with Gasteiger partial charge in [0.15, 0.2) is 6.61 Å². The monoisotopic (exact) mass is 350 g/mol. The summed E-state index contributed by atoms with van der Waals surface area (Å²) in [4.78, 5) is 18.9. The third kappa shape index (κ3) is 3.01. The van der Waals surface area contributed by atoms with Gasteiger partial charge in [0.2, 0.25) is 5.88 Å². The van der Waals surface area contributed by atoms with Crippen LogP contribution in [0.2, 0.25) is 0 Å². The molecule has 4 rings (SSSR count). The molecule has 5 heteroatoms. The van der Waals surface area contributed by atoms with Crippen molar-refractivity contribution in [3.63, 3.8) is 0 Å². The maximum absolute atomic E-state index is 13.1. The summed E-state index contributed by atoms with van der Waals surface area (Å²) in [7, 11) is 0. The Morgan fingerprint density at radius 3 is 2.62 bits per heavy atom. The molecule has 132 valence electrons. The number of fused-ring (bicyclic) bond motifs is 2. The predicted octanol–water partition coefficient (Wildman–Crippen LogP) is 3.91. The Hall–Kier alpha value is -2.95. The van der Waals surface area contributed by atoms with Crippen LogP contribution in [0.25, 0.3) is 10.9 Å². The number of ether oxygens (including phenoxy) is 1. The van der Waals surface area contributed by atoms with Gasteiger partial charge in [-0.25, -0.2) is 9.37 Å². The largest absolute Gasteiger partial charge is 0.467 e. The molecule has 0 unspecified atom stereocenters. The van der Waals surface area contributed by atoms with E-state index in [-0.39, 0.29) is 18.3 Å². The Morgan fingerprint density at radius 2 is 1.85 bits per heavy atom. The fourth-order valence-electron chi connectivity index (χ4n) is 3.27. The number of carbonyl (C=O) groups excluding carboxylic acids is 1. The van der Waals surface area contributed by atoms with Gasteiger partial charge in [0, 0.05) is 17.5 Å². The van der Waals surface area contributed by atoms with E-state index < -0.39 is 0 Å². The molecule has 0 saturated carbocycles. The molecule has 4 nitrogen and oxygen atoms in total. The van der Waals surface area contributed by atoms with E-state index in [1.165, 1.54) is 12.1 Å². The molecule has 0 N–H and O–H groups in total. The van der Waals surface area contributed by atoms with E-state index in [1.54, 1.807) is 17.0 Å². The lowest BCUT2D eigenvalue weighted by atomic mass is 10.0. The zero-order chi connectivity index (χ0) is 18.3. The second kappa shape index (κ2) is 6.41. The highest BCUT2D eigenvalue weighted by molar-refractivity contribution is 5.87. The highest BCUT2D eigenvalue weighted by Crippen LogP contribution is 2.29. The molecule has 1 aliphatic rings. The predicted molar refractivity (Wildman–Crippen MR) is 97.4 cm³/mol. The van der Waals surface area contributed by atoms with Crippen LogP contribution in [-0.2, 0) is 17.9 Å². The summed E-state index contributed by atoms with van der Waals surface area (Å²) in [6.07, 6.45) is 0. The maximum Gasteiger partial charge on any atom is 0.261 e. The van der Waals surface area contributed by atoms with Crippen molar-refractivity contribution < 1.29 is 13.9 Å². The molecule has 26 heavy (non-hydrogen) atoms. The van der Waals surface area contributed by atoms with Gasteiger partial charge in [0.05, 0.1) is 12.1 Å². The average molecular weight is 350 g/mol. The number of nitrogens with zero attached hydrogens (tertiary/aromatic N) is 2. The number of carbonyl (C=O) groups is 1. The summed E-state index contributed by atoms with van der Waals surface area (Å²) in [5.74, 6) is 0.122. The number of halogens is 1. The van der Waals surface area contributed by atoms with Crippen LogP contribution in [0.3, 0.4) is 0 Å². The molecule has 2 heterocycles. The van der Waals surface area contributed by atoms with Crippen LogP contribution in [0.4, 0.5) is 4.39 Å². The van der Waals surface area contributed by atoms with Gasteiger partial charge in [-0.1, -0.05) is 24.3 Å². The SMILES string of the molecule is Cc1ccc(C)c2nc3c(cc12)CN(Cc1ccc(F)cc1)C(=O)CO3. The van der Waals surface area contributed by atoms with Crippen molar-refractivity contribution in [2.75, 3.05) is 6.61 Å². The van der Waals surface area contributed by atoms with Crippen molar-refractivity contribution in [1.29, 1.82) is 0 Å². The van der Waals surface area contributed by atoms with Crippen molar-refractivity contribution in [3.8, 4) is 5.88 Å². The van der Waals surface area contributed by atoms with Crippen molar-refractivity contribution in [2.45, 2.75) is 26.9 Å². The van der Waals surface area contributed by atoms with Gasteiger partial charge < -0.3 is 9.64 Å². The van der Waals surface area contributed by atoms with Gasteiger partial charge in [-0.2, -0.15) is 0 Å². The van der Waals surface area contributed by atoms with Crippen LogP contribution in [0.5, 0.6) is 5.88 Å². The minimum Gasteiger partial charge on any atom is -0.467 e. The summed E-state index contributed by atoms with van der Waals surface area (Å²) in [5, 5.41) is 1.07. The van der Waals surface area contributed by atoms with Crippen LogP contribution in [-0.4, -0.2) is 22.4 Å². The lowest BCUT2D eigenvalue weighted by molar-refractivity contribution is -0.133. The number of aromatic nitrogens is 1. The summed E-state index contributed by atoms with van der Waals surface area (Å²) < 4.78 is 18.8. The van der Waals surface area contributed by atoms with Crippen LogP contribution in [0, 0.1) is 19.7 Å². The van der Waals surface area contributed by atoms with Gasteiger partial charge in [-0.3, -0.25) is 4.79 Å². The minimum atomic E-state index is -0.286. The molecule has 0 fully saturated rings. The van der Waals surface area contributed by atoms with Gasteiger partial charge in [0.25, 0.3) is 5.91 Å². The standard InChI is InChI=1S/C21H19FN2O2/c1-13-3-4-14(2)20-18(13)9-16-11-24(19(25)12-26-21(16)23-20)10-15-5-7-17(22)8-6-15/h3-9H,10-12H2,1-2H3. The highest BCUT2D eigenvalue weighted by Gasteiger charge is 2.23. The molecule has 2 aromatic carbocycles. The van der Waals surface area contributed by atoms with Crippen LogP contribution < -0.4 is 4.74 Å². The number of benzene rings is 2. The number of aryl methyl sites for hydroxylation is 2. The average Bonchev–Trinajstić information content (AvgIpc) is 2.78. The maximum atomic E-state index is 13.1. The Morgan fingerprint density at radius 1 is 1.12 bits per heavy atom. The molecule has 0 atom stereocenters. The van der Waals surface area contributed by atoms with Gasteiger partial charge in [-0.15, -0.1) is 0 Å². The third-order valence-electron chi connectivity index (χ3n) is 4.78. The topological polar surface area (TPSA) is 42.4 Å². The third-order valence-corrected chi connectivity index (χ3v) is 4.78. The number of amides is 1. The van der Waals surface area contributed by atoms with Crippen molar-refractivity contribution in [2.24, 2.45) is 0 Å². The minimum absolute atomic E-state index is 0.0441. The normalized spacial score (nSPS) is 14.1. The summed E-state index contributed by atoms with van der Waals surface area (Å²) in [5.41, 5.74) is 4.89. The molecule has 0 bridgehead atoms. The number of pyridine rings is 1. The van der Waals surface area contributed by atoms with Crippen LogP contribution >= 0.6 is 0 Å². The second-order valence-electron chi connectivity index (χ2n) is 6.71. The van der Waals surface area contributed by atoms with E-state index in [2.05, 4.69) is 24.0 Å². The Bertz CT molecular complexity index is 999. The zero-order valence-electron chi connectivity index (χ0n) is 14.8. The molecule has 0 radical (unpaired) electrons. The van der Waals surface area contributed by atoms with Gasteiger partial charge in [0.1, 0.15) is 5.82 Å². The first-order chi connectivity index (χ1) is 12.5. The Kier molecular flexibility index (Phi) is 4.07. The van der Waals surface area contributed by atoms with Crippen molar-refractivity contribution >= 4 is 16.8 Å². The smallest absolute Gasteiger partial charge is 0.261 e. The molecule has 1 aliphatic heterocycles. The summed E-state index contributed by atoms with van der Waals surface area (Å²) in [6.45, 7) is 4.85. The van der Waals surface area contributed by atoms with E-state index in [0.717, 1.165) is 33.2 Å². The lowest BCUT2D eigenvalue weighted by Gasteiger charge is -2.20. The second-order valence-corrected chi connectivity index (χ2v) is 6.71. The van der Waals surface area contributed by atoms with Gasteiger partial charge in [-0.05, 0) is 48.7 Å². The first kappa shape index (κ1) is 16.5. The first-order valence-electron chi connectivity index (χ1n) is 8.56. The number of hydrogen-bond acceptors (Lipinski definition) is 3. The molecule has 3 aromatic rings. The van der Waals surface area contributed by atoms with Crippen molar-refractivity contribution in [3.05, 3.63) is 70.5 Å². The van der Waals surface area contributed by atoms with E-state index >= 15 is 0 Å².